The van der Waals surface area contributed by atoms with Crippen LogP contribution in [0.4, 0.5) is 5.69 Å². The number of rotatable bonds is 2. The summed E-state index contributed by atoms with van der Waals surface area (Å²) < 4.78 is 5.11. The molecule has 0 aromatic carbocycles. The second kappa shape index (κ2) is 3.74. The molecular formula is C8H11ClN2O. The van der Waals surface area contributed by atoms with Gasteiger partial charge in [0.2, 0.25) is 0 Å². The fraction of sp³-hybridized carbons (Fsp3) is 0.375. The third-order valence-corrected chi connectivity index (χ3v) is 2.03. The third kappa shape index (κ3) is 1.68. The van der Waals surface area contributed by atoms with Crippen LogP contribution in [0.25, 0.3) is 0 Å². The van der Waals surface area contributed by atoms with Gasteiger partial charge in [0.15, 0.2) is 0 Å². The molecule has 0 aliphatic carbocycles. The summed E-state index contributed by atoms with van der Waals surface area (Å²) in [7, 11) is 1.61. The molecule has 0 radical (unpaired) electrons. The molecule has 0 aliphatic heterocycles. The maximum atomic E-state index is 5.88. The molecule has 2 N–H and O–H groups in total. The van der Waals surface area contributed by atoms with E-state index in [1.807, 2.05) is 6.92 Å². The third-order valence-electron chi connectivity index (χ3n) is 1.73. The molecule has 0 saturated carbocycles. The van der Waals surface area contributed by atoms with Crippen LogP contribution in [-0.2, 0) is 4.74 Å². The van der Waals surface area contributed by atoms with Crippen LogP contribution in [0.3, 0.4) is 0 Å². The number of hydrogen-bond donors (Lipinski definition) is 1. The van der Waals surface area contributed by atoms with Gasteiger partial charge in [-0.25, -0.2) is 0 Å². The van der Waals surface area contributed by atoms with E-state index in [1.165, 1.54) is 0 Å². The number of nitrogens with zero attached hydrogens (tertiary/aromatic N) is 1. The van der Waals surface area contributed by atoms with Crippen molar-refractivity contribution in [2.45, 2.75) is 13.0 Å². The molecule has 4 heteroatoms. The first-order valence-electron chi connectivity index (χ1n) is 3.58. The van der Waals surface area contributed by atoms with Gasteiger partial charge in [-0.3, -0.25) is 4.98 Å². The highest BCUT2D eigenvalue weighted by Crippen LogP contribution is 2.28. The van der Waals surface area contributed by atoms with Crippen LogP contribution in [-0.4, -0.2) is 12.1 Å². The van der Waals surface area contributed by atoms with Crippen molar-refractivity contribution in [3.05, 3.63) is 23.0 Å². The molecule has 0 aliphatic rings. The lowest BCUT2D eigenvalue weighted by molar-refractivity contribution is 0.120. The number of pyridine rings is 1. The number of anilines is 1. The zero-order chi connectivity index (χ0) is 9.14. The Labute approximate surface area is 76.5 Å². The van der Waals surface area contributed by atoms with Gasteiger partial charge < -0.3 is 10.5 Å². The van der Waals surface area contributed by atoms with Crippen molar-refractivity contribution < 1.29 is 4.74 Å². The van der Waals surface area contributed by atoms with E-state index in [4.69, 9.17) is 22.1 Å². The Bertz CT molecular complexity index is 258. The van der Waals surface area contributed by atoms with Crippen LogP contribution in [0.2, 0.25) is 5.02 Å². The average molecular weight is 187 g/mol. The van der Waals surface area contributed by atoms with E-state index < -0.39 is 0 Å². The molecule has 0 saturated heterocycles. The van der Waals surface area contributed by atoms with E-state index >= 15 is 0 Å². The van der Waals surface area contributed by atoms with Crippen molar-refractivity contribution in [1.82, 2.24) is 4.98 Å². The Morgan fingerprint density at radius 3 is 2.75 bits per heavy atom. The van der Waals surface area contributed by atoms with Crippen molar-refractivity contribution >= 4 is 17.3 Å². The number of ether oxygens (including phenoxy) is 1. The highest BCUT2D eigenvalue weighted by atomic mass is 35.5. The average Bonchev–Trinajstić information content (AvgIpc) is 2.03. The lowest BCUT2D eigenvalue weighted by Crippen LogP contribution is -2.02. The summed E-state index contributed by atoms with van der Waals surface area (Å²) in [4.78, 5) is 3.85. The summed E-state index contributed by atoms with van der Waals surface area (Å²) in [6.07, 6.45) is 3.03. The molecule has 1 heterocycles. The van der Waals surface area contributed by atoms with Gasteiger partial charge in [-0.2, -0.15) is 0 Å². The van der Waals surface area contributed by atoms with Crippen LogP contribution >= 0.6 is 11.6 Å². The van der Waals surface area contributed by atoms with Gasteiger partial charge in [0, 0.05) is 18.9 Å². The molecule has 66 valence electrons. The maximum absolute atomic E-state index is 5.88. The van der Waals surface area contributed by atoms with E-state index in [2.05, 4.69) is 4.98 Å². The van der Waals surface area contributed by atoms with Gasteiger partial charge in [0.05, 0.1) is 23.0 Å². The van der Waals surface area contributed by atoms with E-state index in [0.29, 0.717) is 10.7 Å². The number of nitrogen functional groups attached to an aromatic ring is 1. The van der Waals surface area contributed by atoms with Crippen molar-refractivity contribution in [3.63, 3.8) is 0 Å². The minimum absolute atomic E-state index is 0.0968. The Balaban J connectivity index is 3.12. The molecule has 1 rings (SSSR count). The largest absolute Gasteiger partial charge is 0.397 e. The maximum Gasteiger partial charge on any atom is 0.0828 e. The van der Waals surface area contributed by atoms with E-state index in [0.717, 1.165) is 5.56 Å². The lowest BCUT2D eigenvalue weighted by Gasteiger charge is -2.13. The molecule has 1 unspecified atom stereocenters. The molecule has 1 aromatic rings. The Hall–Kier alpha value is -0.800. The monoisotopic (exact) mass is 186 g/mol. The fourth-order valence-electron chi connectivity index (χ4n) is 1.01. The topological polar surface area (TPSA) is 48.1 Å². The smallest absolute Gasteiger partial charge is 0.0828 e. The highest BCUT2D eigenvalue weighted by molar-refractivity contribution is 6.31. The van der Waals surface area contributed by atoms with Crippen molar-refractivity contribution in [1.29, 1.82) is 0 Å². The van der Waals surface area contributed by atoms with Crippen LogP contribution in [0, 0.1) is 0 Å². The van der Waals surface area contributed by atoms with Crippen LogP contribution < -0.4 is 5.73 Å². The number of hydrogen-bond acceptors (Lipinski definition) is 3. The molecule has 1 aromatic heterocycles. The highest BCUT2D eigenvalue weighted by Gasteiger charge is 2.11. The van der Waals surface area contributed by atoms with Gasteiger partial charge in [0.1, 0.15) is 0 Å². The Morgan fingerprint density at radius 1 is 1.58 bits per heavy atom. The molecule has 1 atom stereocenters. The summed E-state index contributed by atoms with van der Waals surface area (Å²) in [5, 5.41) is 0.546. The first-order valence-corrected chi connectivity index (χ1v) is 3.96. The van der Waals surface area contributed by atoms with Gasteiger partial charge >= 0.3 is 0 Å². The number of aromatic nitrogens is 1. The minimum Gasteiger partial charge on any atom is -0.397 e. The SMILES string of the molecule is COC(C)c1c(N)cncc1Cl. The summed E-state index contributed by atoms with van der Waals surface area (Å²) >= 11 is 5.88. The second-order valence-electron chi connectivity index (χ2n) is 2.50. The number of methoxy groups -OCH3 is 1. The van der Waals surface area contributed by atoms with Crippen molar-refractivity contribution in [2.24, 2.45) is 0 Å². The predicted molar refractivity (Wildman–Crippen MR) is 49.1 cm³/mol. The second-order valence-corrected chi connectivity index (χ2v) is 2.91. The van der Waals surface area contributed by atoms with E-state index in [1.54, 1.807) is 19.5 Å². The summed E-state index contributed by atoms with van der Waals surface area (Å²) in [6.45, 7) is 1.89. The van der Waals surface area contributed by atoms with Gasteiger partial charge in [-0.15, -0.1) is 0 Å². The van der Waals surface area contributed by atoms with E-state index in [9.17, 15) is 0 Å². The minimum atomic E-state index is -0.0968. The van der Waals surface area contributed by atoms with Crippen LogP contribution in [0.15, 0.2) is 12.4 Å². The lowest BCUT2D eigenvalue weighted by atomic mass is 10.1. The molecular weight excluding hydrogens is 176 g/mol. The molecule has 0 amide bonds. The summed E-state index contributed by atoms with van der Waals surface area (Å²) in [6, 6.07) is 0. The Kier molecular flexibility index (Phi) is 2.89. The summed E-state index contributed by atoms with van der Waals surface area (Å²) in [5.41, 5.74) is 7.04. The first kappa shape index (κ1) is 9.29. The van der Waals surface area contributed by atoms with Gasteiger partial charge in [-0.05, 0) is 6.92 Å². The standard InChI is InChI=1S/C8H11ClN2O/c1-5(12-2)8-6(9)3-11-4-7(8)10/h3-5H,10H2,1-2H3. The van der Waals surface area contributed by atoms with Crippen LogP contribution in [0.5, 0.6) is 0 Å². The molecule has 0 bridgehead atoms. The summed E-state index contributed by atoms with van der Waals surface area (Å²) in [5.74, 6) is 0. The van der Waals surface area contributed by atoms with Crippen LogP contribution in [0.1, 0.15) is 18.6 Å². The van der Waals surface area contributed by atoms with Crippen molar-refractivity contribution in [2.75, 3.05) is 12.8 Å². The zero-order valence-corrected chi connectivity index (χ0v) is 7.80. The first-order chi connectivity index (χ1) is 5.66. The molecule has 0 spiro atoms. The molecule has 3 nitrogen and oxygen atoms in total. The zero-order valence-electron chi connectivity index (χ0n) is 7.04. The Morgan fingerprint density at radius 2 is 2.25 bits per heavy atom. The van der Waals surface area contributed by atoms with Gasteiger partial charge in [-0.1, -0.05) is 11.6 Å². The fourth-order valence-corrected chi connectivity index (χ4v) is 1.33. The molecule has 12 heavy (non-hydrogen) atoms. The van der Waals surface area contributed by atoms with E-state index in [-0.39, 0.29) is 6.10 Å². The predicted octanol–water partition coefficient (Wildman–Crippen LogP) is 2.02. The number of nitrogens with two attached hydrogens (primary N) is 1. The number of halogens is 1. The normalized spacial score (nSPS) is 12.9. The van der Waals surface area contributed by atoms with Crippen molar-refractivity contribution in [3.8, 4) is 0 Å². The van der Waals surface area contributed by atoms with Gasteiger partial charge in [0.25, 0.3) is 0 Å². The quantitative estimate of drug-likeness (QED) is 0.769. The molecule has 0 fully saturated rings.